The topological polar surface area (TPSA) is 83.5 Å². The average Bonchev–Trinajstić information content (AvgIpc) is 3.39. The van der Waals surface area contributed by atoms with Gasteiger partial charge < -0.3 is 28.8 Å². The number of benzene rings is 2. The second-order valence-corrected chi connectivity index (χ2v) is 6.92. The van der Waals surface area contributed by atoms with Gasteiger partial charge in [0.25, 0.3) is 5.79 Å². The molecule has 7 heteroatoms. The van der Waals surface area contributed by atoms with Crippen LogP contribution in [-0.2, 0) is 31.2 Å². The zero-order valence-corrected chi connectivity index (χ0v) is 17.0. The highest BCUT2D eigenvalue weighted by Crippen LogP contribution is 2.47. The molecule has 7 nitrogen and oxygen atoms in total. The Morgan fingerprint density at radius 2 is 2.03 bits per heavy atom. The second-order valence-electron chi connectivity index (χ2n) is 6.92. The van der Waals surface area contributed by atoms with Crippen molar-refractivity contribution in [3.05, 3.63) is 95.5 Å². The van der Waals surface area contributed by atoms with Gasteiger partial charge in [0.1, 0.15) is 29.9 Å². The molecule has 1 unspecified atom stereocenters. The van der Waals surface area contributed by atoms with Crippen LogP contribution in [0.15, 0.2) is 84.4 Å². The minimum atomic E-state index is -2.07. The van der Waals surface area contributed by atoms with E-state index in [4.69, 9.17) is 23.7 Å². The quantitative estimate of drug-likeness (QED) is 0.516. The predicted molar refractivity (Wildman–Crippen MR) is 111 cm³/mol. The fraction of sp³-hybridized carbons (Fsp3) is 0.208. The summed E-state index contributed by atoms with van der Waals surface area (Å²) in [6.45, 7) is 3.84. The van der Waals surface area contributed by atoms with Gasteiger partial charge in [-0.3, -0.25) is 0 Å². The molecule has 0 aromatic heterocycles. The fourth-order valence-electron chi connectivity index (χ4n) is 3.56. The molecule has 0 saturated heterocycles. The fourth-order valence-corrected chi connectivity index (χ4v) is 3.56. The van der Waals surface area contributed by atoms with Crippen LogP contribution in [-0.4, -0.2) is 31.6 Å². The van der Waals surface area contributed by atoms with Gasteiger partial charge in [-0.05, 0) is 17.7 Å². The third-order valence-corrected chi connectivity index (χ3v) is 5.01. The standard InChI is InChI=1S/C24H22O7/c1-3-11-29-20-13-17(27-2)9-10-18(20)24(26)19(12-16-7-5-4-6-8-16)22(23(25)31-24)21-14-28-15-30-21/h3-10,13-14,26H,1,11-12,15H2,2H3. The van der Waals surface area contributed by atoms with Crippen molar-refractivity contribution in [2.75, 3.05) is 20.5 Å². The summed E-state index contributed by atoms with van der Waals surface area (Å²) in [6.07, 6.45) is 3.16. The monoisotopic (exact) mass is 422 g/mol. The van der Waals surface area contributed by atoms with E-state index in [0.717, 1.165) is 5.56 Å². The molecule has 0 radical (unpaired) electrons. The number of rotatable bonds is 8. The molecule has 0 bridgehead atoms. The molecule has 4 rings (SSSR count). The van der Waals surface area contributed by atoms with Crippen LogP contribution in [0.1, 0.15) is 11.1 Å². The summed E-state index contributed by atoms with van der Waals surface area (Å²) < 4.78 is 27.2. The van der Waals surface area contributed by atoms with E-state index in [-0.39, 0.29) is 36.7 Å². The molecule has 2 heterocycles. The Bertz CT molecular complexity index is 1050. The van der Waals surface area contributed by atoms with Crippen LogP contribution >= 0.6 is 0 Å². The first-order valence-corrected chi connectivity index (χ1v) is 9.67. The van der Waals surface area contributed by atoms with E-state index in [1.807, 2.05) is 30.3 Å². The molecule has 1 atom stereocenters. The number of ether oxygens (including phenoxy) is 5. The van der Waals surface area contributed by atoms with Crippen LogP contribution in [0.5, 0.6) is 11.5 Å². The number of cyclic esters (lactones) is 1. The molecule has 0 saturated carbocycles. The van der Waals surface area contributed by atoms with Gasteiger partial charge in [0.15, 0.2) is 5.76 Å². The summed E-state index contributed by atoms with van der Waals surface area (Å²) in [5.74, 6) is -1.74. The average molecular weight is 422 g/mol. The molecule has 2 aliphatic rings. The Labute approximate surface area is 179 Å². The maximum absolute atomic E-state index is 12.9. The van der Waals surface area contributed by atoms with Gasteiger partial charge in [0.05, 0.1) is 12.7 Å². The first kappa shape index (κ1) is 20.6. The summed E-state index contributed by atoms with van der Waals surface area (Å²) in [5, 5.41) is 11.8. The van der Waals surface area contributed by atoms with Crippen LogP contribution in [0, 0.1) is 0 Å². The van der Waals surface area contributed by atoms with Gasteiger partial charge in [-0.25, -0.2) is 4.79 Å². The van der Waals surface area contributed by atoms with E-state index in [0.29, 0.717) is 17.1 Å². The van der Waals surface area contributed by atoms with Crippen molar-refractivity contribution in [1.29, 1.82) is 0 Å². The van der Waals surface area contributed by atoms with Crippen molar-refractivity contribution in [3.63, 3.8) is 0 Å². The van der Waals surface area contributed by atoms with Crippen LogP contribution in [0.25, 0.3) is 0 Å². The zero-order chi connectivity index (χ0) is 21.8. The summed E-state index contributed by atoms with van der Waals surface area (Å²) in [5.41, 5.74) is 1.61. The Morgan fingerprint density at radius 3 is 2.71 bits per heavy atom. The number of carbonyl (C=O) groups is 1. The lowest BCUT2D eigenvalue weighted by Gasteiger charge is -2.27. The number of methoxy groups -OCH3 is 1. The molecular weight excluding hydrogens is 400 g/mol. The Balaban J connectivity index is 1.87. The van der Waals surface area contributed by atoms with E-state index in [2.05, 4.69) is 6.58 Å². The highest BCUT2D eigenvalue weighted by Gasteiger charge is 2.51. The molecule has 1 N–H and O–H groups in total. The van der Waals surface area contributed by atoms with E-state index < -0.39 is 11.8 Å². The minimum Gasteiger partial charge on any atom is -0.497 e. The SMILES string of the molecule is C=CCOc1cc(OC)ccc1C1(O)OC(=O)C(C2=COCO2)=C1Cc1ccccc1. The van der Waals surface area contributed by atoms with Gasteiger partial charge in [-0.2, -0.15) is 0 Å². The summed E-state index contributed by atoms with van der Waals surface area (Å²) in [7, 11) is 1.53. The molecule has 0 fully saturated rings. The minimum absolute atomic E-state index is 0.0145. The first-order chi connectivity index (χ1) is 15.1. The van der Waals surface area contributed by atoms with E-state index in [9.17, 15) is 9.90 Å². The summed E-state index contributed by atoms with van der Waals surface area (Å²) in [4.78, 5) is 12.9. The van der Waals surface area contributed by atoms with Crippen molar-refractivity contribution < 1.29 is 33.6 Å². The Hall–Kier alpha value is -3.71. The smallest absolute Gasteiger partial charge is 0.345 e. The Kier molecular flexibility index (Phi) is 5.68. The molecule has 0 amide bonds. The second kappa shape index (κ2) is 8.57. The van der Waals surface area contributed by atoms with Crippen molar-refractivity contribution >= 4 is 5.97 Å². The zero-order valence-electron chi connectivity index (χ0n) is 17.0. The van der Waals surface area contributed by atoms with Gasteiger partial charge in [0, 0.05) is 18.1 Å². The lowest BCUT2D eigenvalue weighted by molar-refractivity contribution is -0.186. The van der Waals surface area contributed by atoms with Crippen molar-refractivity contribution in [2.24, 2.45) is 0 Å². The van der Waals surface area contributed by atoms with Gasteiger partial charge in [-0.15, -0.1) is 0 Å². The molecule has 2 aromatic carbocycles. The normalized spacial score (nSPS) is 19.9. The number of aliphatic hydroxyl groups is 1. The summed E-state index contributed by atoms with van der Waals surface area (Å²) in [6, 6.07) is 14.3. The maximum atomic E-state index is 12.9. The highest BCUT2D eigenvalue weighted by molar-refractivity contribution is 5.97. The van der Waals surface area contributed by atoms with Crippen LogP contribution in [0.4, 0.5) is 0 Å². The number of hydrogen-bond donors (Lipinski definition) is 1. The molecule has 2 aliphatic heterocycles. The maximum Gasteiger partial charge on any atom is 0.345 e. The van der Waals surface area contributed by atoms with Crippen molar-refractivity contribution in [1.82, 2.24) is 0 Å². The third-order valence-electron chi connectivity index (χ3n) is 5.01. The molecule has 31 heavy (non-hydrogen) atoms. The summed E-state index contributed by atoms with van der Waals surface area (Å²) >= 11 is 0. The van der Waals surface area contributed by atoms with Gasteiger partial charge >= 0.3 is 5.97 Å². The van der Waals surface area contributed by atoms with Crippen LogP contribution < -0.4 is 9.47 Å². The molecule has 160 valence electrons. The number of hydrogen-bond acceptors (Lipinski definition) is 7. The van der Waals surface area contributed by atoms with E-state index >= 15 is 0 Å². The predicted octanol–water partition coefficient (Wildman–Crippen LogP) is 3.35. The van der Waals surface area contributed by atoms with Gasteiger partial charge in [-0.1, -0.05) is 43.0 Å². The van der Waals surface area contributed by atoms with Gasteiger partial charge in [0.2, 0.25) is 6.79 Å². The molecule has 0 aliphatic carbocycles. The van der Waals surface area contributed by atoms with Crippen LogP contribution in [0.2, 0.25) is 0 Å². The largest absolute Gasteiger partial charge is 0.497 e. The first-order valence-electron chi connectivity index (χ1n) is 9.67. The van der Waals surface area contributed by atoms with E-state index in [1.165, 1.54) is 13.4 Å². The molecular formula is C24H22O7. The highest BCUT2D eigenvalue weighted by atomic mass is 16.7. The van der Waals surface area contributed by atoms with Crippen molar-refractivity contribution in [2.45, 2.75) is 12.2 Å². The lowest BCUT2D eigenvalue weighted by Crippen LogP contribution is -2.30. The molecule has 2 aromatic rings. The van der Waals surface area contributed by atoms with Crippen molar-refractivity contribution in [3.8, 4) is 11.5 Å². The Morgan fingerprint density at radius 1 is 1.23 bits per heavy atom. The number of esters is 1. The van der Waals surface area contributed by atoms with Crippen LogP contribution in [0.3, 0.4) is 0 Å². The number of carbonyl (C=O) groups excluding carboxylic acids is 1. The molecule has 0 spiro atoms. The lowest BCUT2D eigenvalue weighted by atomic mass is 9.89. The third kappa shape index (κ3) is 3.87. The van der Waals surface area contributed by atoms with E-state index in [1.54, 1.807) is 24.3 Å².